The van der Waals surface area contributed by atoms with Gasteiger partial charge in [-0.3, -0.25) is 10.1 Å². The summed E-state index contributed by atoms with van der Waals surface area (Å²) in [5, 5.41) is 8.81. The van der Waals surface area contributed by atoms with Gasteiger partial charge in [0.05, 0.1) is 10.6 Å². The van der Waals surface area contributed by atoms with Crippen molar-refractivity contribution in [1.82, 2.24) is 10.6 Å². The smallest absolute Gasteiger partial charge is 0.338 e. The second-order valence-electron chi connectivity index (χ2n) is 3.89. The average Bonchev–Trinajstić information content (AvgIpc) is 2.43. The number of nitrogens with two attached hydrogens (primary N) is 1. The summed E-state index contributed by atoms with van der Waals surface area (Å²) in [6, 6.07) is 2.53. The maximum Gasteiger partial charge on any atom is 0.338 e. The molecule has 0 aliphatic carbocycles. The molecule has 0 unspecified atom stereocenters. The van der Waals surface area contributed by atoms with Crippen molar-refractivity contribution in [3.05, 3.63) is 28.8 Å². The summed E-state index contributed by atoms with van der Waals surface area (Å²) in [5.41, 5.74) is -0.166. The number of carbonyl (C=O) groups excluding carboxylic acids is 3. The highest BCUT2D eigenvalue weighted by atomic mass is 35.5. The summed E-state index contributed by atoms with van der Waals surface area (Å²) in [4.78, 5) is 33.4. The molecule has 1 aromatic carbocycles. The first-order chi connectivity index (χ1) is 10.1. The topological polar surface area (TPSA) is 145 Å². The van der Waals surface area contributed by atoms with Gasteiger partial charge in [-0.15, -0.1) is 0 Å². The van der Waals surface area contributed by atoms with Crippen molar-refractivity contribution in [3.8, 4) is 0 Å². The summed E-state index contributed by atoms with van der Waals surface area (Å²) in [6.07, 6.45) is 0. The monoisotopic (exact) mass is 349 g/mol. The van der Waals surface area contributed by atoms with Gasteiger partial charge in [-0.25, -0.2) is 23.1 Å². The van der Waals surface area contributed by atoms with Gasteiger partial charge < -0.3 is 10.1 Å². The number of nitrogens with one attached hydrogen (secondary N) is 2. The van der Waals surface area contributed by atoms with Crippen LogP contribution in [-0.4, -0.2) is 40.0 Å². The summed E-state index contributed by atoms with van der Waals surface area (Å²) >= 11 is 5.67. The Bertz CT molecular complexity index is 719. The summed E-state index contributed by atoms with van der Waals surface area (Å²) < 4.78 is 27.2. The lowest BCUT2D eigenvalue weighted by atomic mass is 10.2. The Labute approximate surface area is 130 Å². The van der Waals surface area contributed by atoms with E-state index < -0.39 is 39.4 Å². The number of halogens is 1. The van der Waals surface area contributed by atoms with E-state index in [1.165, 1.54) is 13.1 Å². The van der Waals surface area contributed by atoms with Crippen LogP contribution < -0.4 is 15.8 Å². The van der Waals surface area contributed by atoms with Crippen molar-refractivity contribution in [2.45, 2.75) is 4.90 Å². The molecule has 0 aliphatic rings. The third kappa shape index (κ3) is 4.98. The normalized spacial score (nSPS) is 10.7. The highest BCUT2D eigenvalue weighted by Gasteiger charge is 2.18. The van der Waals surface area contributed by atoms with Gasteiger partial charge >= 0.3 is 12.0 Å². The number of benzene rings is 1. The number of imide groups is 1. The van der Waals surface area contributed by atoms with Gasteiger partial charge in [0.25, 0.3) is 5.91 Å². The molecule has 0 saturated carbocycles. The standard InChI is InChI=1S/C11H12ClN3O6S/c1-14-11(18)15-9(16)5-21-10(17)6-2-3-7(12)8(4-6)22(13,19)20/h2-4H,5H2,1H3,(H2,13,19,20)(H2,14,15,16,18). The number of hydrogen-bond acceptors (Lipinski definition) is 6. The fourth-order valence-electron chi connectivity index (χ4n) is 1.29. The number of urea groups is 1. The average molecular weight is 350 g/mol. The van der Waals surface area contributed by atoms with E-state index >= 15 is 0 Å². The molecule has 0 fully saturated rings. The first-order valence-corrected chi connectivity index (χ1v) is 7.58. The lowest BCUT2D eigenvalue weighted by Gasteiger charge is -2.07. The van der Waals surface area contributed by atoms with E-state index in [1.54, 1.807) is 0 Å². The molecule has 22 heavy (non-hydrogen) atoms. The highest BCUT2D eigenvalue weighted by molar-refractivity contribution is 7.89. The fraction of sp³-hybridized carbons (Fsp3) is 0.182. The van der Waals surface area contributed by atoms with Crippen LogP contribution in [0.15, 0.2) is 23.1 Å². The number of rotatable bonds is 4. The van der Waals surface area contributed by atoms with Gasteiger partial charge in [-0.2, -0.15) is 0 Å². The third-order valence-electron chi connectivity index (χ3n) is 2.29. The molecule has 4 N–H and O–H groups in total. The molecule has 1 rings (SSSR count). The fourth-order valence-corrected chi connectivity index (χ4v) is 2.36. The van der Waals surface area contributed by atoms with Crippen molar-refractivity contribution in [3.63, 3.8) is 0 Å². The molecule has 0 aliphatic heterocycles. The van der Waals surface area contributed by atoms with E-state index in [2.05, 4.69) is 10.1 Å². The number of ether oxygens (including phenoxy) is 1. The quantitative estimate of drug-likeness (QED) is 0.630. The molecule has 0 saturated heterocycles. The second kappa shape index (κ2) is 7.20. The van der Waals surface area contributed by atoms with Gasteiger partial charge in [-0.05, 0) is 18.2 Å². The third-order valence-corrected chi connectivity index (χ3v) is 3.68. The number of esters is 1. The molecule has 0 spiro atoms. The molecule has 1 aromatic rings. The SMILES string of the molecule is CNC(=O)NC(=O)COC(=O)c1ccc(Cl)c(S(N)(=O)=O)c1. The maximum absolute atomic E-state index is 11.7. The van der Waals surface area contributed by atoms with E-state index in [1.807, 2.05) is 5.32 Å². The van der Waals surface area contributed by atoms with Gasteiger partial charge in [0.2, 0.25) is 10.0 Å². The molecule has 11 heteroatoms. The summed E-state index contributed by atoms with van der Waals surface area (Å²) in [7, 11) is -2.81. The molecule has 0 heterocycles. The van der Waals surface area contributed by atoms with E-state index in [4.69, 9.17) is 16.7 Å². The van der Waals surface area contributed by atoms with Crippen molar-refractivity contribution in [2.24, 2.45) is 5.14 Å². The maximum atomic E-state index is 11.7. The van der Waals surface area contributed by atoms with Gasteiger partial charge in [0, 0.05) is 7.05 Å². The molecular weight excluding hydrogens is 338 g/mol. The zero-order chi connectivity index (χ0) is 16.9. The number of carbonyl (C=O) groups is 3. The van der Waals surface area contributed by atoms with Crippen LogP contribution in [0.1, 0.15) is 10.4 Å². The Kier molecular flexibility index (Phi) is 5.85. The molecule has 9 nitrogen and oxygen atoms in total. The minimum Gasteiger partial charge on any atom is -0.452 e. The predicted molar refractivity (Wildman–Crippen MR) is 75.7 cm³/mol. The summed E-state index contributed by atoms with van der Waals surface area (Å²) in [6.45, 7) is -0.723. The van der Waals surface area contributed by atoms with Crippen LogP contribution in [0.4, 0.5) is 4.79 Å². The minimum atomic E-state index is -4.11. The number of hydrogen-bond donors (Lipinski definition) is 3. The first kappa shape index (κ1) is 17.9. The molecule has 0 atom stereocenters. The zero-order valence-electron chi connectivity index (χ0n) is 11.3. The Morgan fingerprint density at radius 3 is 2.50 bits per heavy atom. The number of primary sulfonamides is 1. The Balaban J connectivity index is 2.79. The van der Waals surface area contributed by atoms with Crippen molar-refractivity contribution >= 4 is 39.5 Å². The van der Waals surface area contributed by atoms with Crippen molar-refractivity contribution < 1.29 is 27.5 Å². The van der Waals surface area contributed by atoms with Crippen LogP contribution in [0, 0.1) is 0 Å². The van der Waals surface area contributed by atoms with E-state index in [0.717, 1.165) is 12.1 Å². The van der Waals surface area contributed by atoms with Crippen molar-refractivity contribution in [2.75, 3.05) is 13.7 Å². The largest absolute Gasteiger partial charge is 0.452 e. The molecule has 0 radical (unpaired) electrons. The Hall–Kier alpha value is -2.17. The number of sulfonamides is 1. The van der Waals surface area contributed by atoms with Gasteiger partial charge in [0.1, 0.15) is 4.90 Å². The van der Waals surface area contributed by atoms with Crippen LogP contribution >= 0.6 is 11.6 Å². The van der Waals surface area contributed by atoms with Crippen LogP contribution in [0.2, 0.25) is 5.02 Å². The predicted octanol–water partition coefficient (Wildman–Crippen LogP) is -0.400. The Morgan fingerprint density at radius 2 is 1.95 bits per heavy atom. The molecule has 0 aromatic heterocycles. The van der Waals surface area contributed by atoms with Crippen LogP contribution in [0.25, 0.3) is 0 Å². The Morgan fingerprint density at radius 1 is 1.32 bits per heavy atom. The molecular formula is C11H12ClN3O6S. The number of amides is 3. The highest BCUT2D eigenvalue weighted by Crippen LogP contribution is 2.21. The van der Waals surface area contributed by atoms with E-state index in [9.17, 15) is 22.8 Å². The van der Waals surface area contributed by atoms with Crippen LogP contribution in [0.3, 0.4) is 0 Å². The van der Waals surface area contributed by atoms with E-state index in [0.29, 0.717) is 0 Å². The zero-order valence-corrected chi connectivity index (χ0v) is 12.8. The molecule has 0 bridgehead atoms. The van der Waals surface area contributed by atoms with E-state index in [-0.39, 0.29) is 10.6 Å². The molecule has 3 amide bonds. The second-order valence-corrected chi connectivity index (χ2v) is 5.83. The van der Waals surface area contributed by atoms with Gasteiger partial charge in [-0.1, -0.05) is 11.6 Å². The van der Waals surface area contributed by atoms with Crippen LogP contribution in [-0.2, 0) is 19.6 Å². The first-order valence-electron chi connectivity index (χ1n) is 5.66. The van der Waals surface area contributed by atoms with Gasteiger partial charge in [0.15, 0.2) is 6.61 Å². The van der Waals surface area contributed by atoms with Crippen molar-refractivity contribution in [1.29, 1.82) is 0 Å². The molecule has 120 valence electrons. The summed E-state index contributed by atoms with van der Waals surface area (Å²) in [5.74, 6) is -1.83. The van der Waals surface area contributed by atoms with Crippen LogP contribution in [0.5, 0.6) is 0 Å². The lowest BCUT2D eigenvalue weighted by molar-refractivity contribution is -0.123. The minimum absolute atomic E-state index is 0.156. The lowest BCUT2D eigenvalue weighted by Crippen LogP contribution is -2.39.